The lowest BCUT2D eigenvalue weighted by Gasteiger charge is -2.22. The SMILES string of the molecule is Cc1ccc(S(=O)(=O)NC2CCCCC2)cc1C(=O)OCC(=O)NCCC#N. The Kier molecular flexibility index (Phi) is 7.96. The largest absolute Gasteiger partial charge is 0.452 e. The minimum absolute atomic E-state index is 0.00547. The molecule has 0 unspecified atom stereocenters. The standard InChI is InChI=1S/C19H25N3O5S/c1-14-8-9-16(28(25,26)22-15-6-3-2-4-7-15)12-17(14)19(24)27-13-18(23)21-11-5-10-20/h8-9,12,15,22H,2-7,11,13H2,1H3,(H,21,23). The predicted octanol–water partition coefficient (Wildman–Crippen LogP) is 1.79. The third-order valence-electron chi connectivity index (χ3n) is 4.56. The van der Waals surface area contributed by atoms with Crippen molar-refractivity contribution in [1.29, 1.82) is 5.26 Å². The number of sulfonamides is 1. The Bertz CT molecular complexity index is 855. The highest BCUT2D eigenvalue weighted by Gasteiger charge is 2.23. The molecule has 9 heteroatoms. The van der Waals surface area contributed by atoms with E-state index < -0.39 is 28.5 Å². The van der Waals surface area contributed by atoms with Gasteiger partial charge in [0.05, 0.1) is 22.9 Å². The number of esters is 1. The molecule has 1 saturated carbocycles. The number of benzene rings is 1. The van der Waals surface area contributed by atoms with Crippen molar-refractivity contribution >= 4 is 21.9 Å². The zero-order chi connectivity index (χ0) is 20.6. The minimum Gasteiger partial charge on any atom is -0.452 e. The van der Waals surface area contributed by atoms with Crippen molar-refractivity contribution in [2.75, 3.05) is 13.2 Å². The molecule has 2 N–H and O–H groups in total. The van der Waals surface area contributed by atoms with Gasteiger partial charge in [-0.3, -0.25) is 4.79 Å². The number of carbonyl (C=O) groups is 2. The van der Waals surface area contributed by atoms with Gasteiger partial charge in [0.1, 0.15) is 0 Å². The summed E-state index contributed by atoms with van der Waals surface area (Å²) in [5.74, 6) is -1.30. The molecule has 1 aliphatic rings. The second-order valence-corrected chi connectivity index (χ2v) is 8.48. The lowest BCUT2D eigenvalue weighted by Crippen LogP contribution is -2.36. The van der Waals surface area contributed by atoms with Crippen molar-refractivity contribution in [2.45, 2.75) is 56.4 Å². The number of nitriles is 1. The Morgan fingerprint density at radius 2 is 1.96 bits per heavy atom. The molecule has 2 rings (SSSR count). The zero-order valence-electron chi connectivity index (χ0n) is 15.9. The molecule has 0 atom stereocenters. The Morgan fingerprint density at radius 3 is 2.64 bits per heavy atom. The van der Waals surface area contributed by atoms with Crippen LogP contribution in [0, 0.1) is 18.3 Å². The summed E-state index contributed by atoms with van der Waals surface area (Å²) in [7, 11) is -3.75. The topological polar surface area (TPSA) is 125 Å². The summed E-state index contributed by atoms with van der Waals surface area (Å²) in [6.45, 7) is 1.34. The number of nitrogens with one attached hydrogen (secondary N) is 2. The number of rotatable bonds is 8. The molecule has 0 heterocycles. The Balaban J connectivity index is 2.04. The number of ether oxygens (including phenoxy) is 1. The van der Waals surface area contributed by atoms with E-state index in [1.807, 2.05) is 6.07 Å². The monoisotopic (exact) mass is 407 g/mol. The predicted molar refractivity (Wildman–Crippen MR) is 102 cm³/mol. The maximum absolute atomic E-state index is 12.6. The molecule has 28 heavy (non-hydrogen) atoms. The smallest absolute Gasteiger partial charge is 0.338 e. The van der Waals surface area contributed by atoms with Crippen molar-refractivity contribution in [3.05, 3.63) is 29.3 Å². The van der Waals surface area contributed by atoms with Gasteiger partial charge in [-0.2, -0.15) is 5.26 Å². The van der Waals surface area contributed by atoms with Crippen LogP contribution >= 0.6 is 0 Å². The molecule has 0 bridgehead atoms. The van der Waals surface area contributed by atoms with E-state index in [1.54, 1.807) is 13.0 Å². The van der Waals surface area contributed by atoms with E-state index in [0.29, 0.717) is 5.56 Å². The van der Waals surface area contributed by atoms with Gasteiger partial charge in [-0.15, -0.1) is 0 Å². The van der Waals surface area contributed by atoms with Crippen LogP contribution in [0.2, 0.25) is 0 Å². The van der Waals surface area contributed by atoms with Gasteiger partial charge in [-0.25, -0.2) is 17.9 Å². The van der Waals surface area contributed by atoms with E-state index in [9.17, 15) is 18.0 Å². The molecule has 0 radical (unpaired) electrons. The molecule has 8 nitrogen and oxygen atoms in total. The van der Waals surface area contributed by atoms with Gasteiger partial charge in [0.25, 0.3) is 5.91 Å². The minimum atomic E-state index is -3.75. The first-order valence-corrected chi connectivity index (χ1v) is 10.8. The summed E-state index contributed by atoms with van der Waals surface area (Å²) in [4.78, 5) is 23.9. The van der Waals surface area contributed by atoms with Gasteiger partial charge in [-0.1, -0.05) is 25.3 Å². The fourth-order valence-electron chi connectivity index (χ4n) is 3.01. The van der Waals surface area contributed by atoms with Gasteiger partial charge in [0, 0.05) is 12.6 Å². The summed E-state index contributed by atoms with van der Waals surface area (Å²) in [5, 5.41) is 10.9. The first kappa shape index (κ1) is 21.9. The number of hydrogen-bond donors (Lipinski definition) is 2. The molecule has 1 aliphatic carbocycles. The van der Waals surface area contributed by atoms with Gasteiger partial charge >= 0.3 is 5.97 Å². The Hall–Kier alpha value is -2.44. The van der Waals surface area contributed by atoms with Crippen molar-refractivity contribution in [2.24, 2.45) is 0 Å². The Labute approximate surface area is 165 Å². The van der Waals surface area contributed by atoms with Crippen LogP contribution in [0.1, 0.15) is 54.4 Å². The van der Waals surface area contributed by atoms with Crippen LogP contribution in [-0.2, 0) is 19.6 Å². The van der Waals surface area contributed by atoms with Crippen LogP contribution in [0.15, 0.2) is 23.1 Å². The van der Waals surface area contributed by atoms with Gasteiger partial charge < -0.3 is 10.1 Å². The molecule has 0 aliphatic heterocycles. The van der Waals surface area contributed by atoms with Crippen molar-refractivity contribution in [1.82, 2.24) is 10.0 Å². The average molecular weight is 407 g/mol. The molecule has 1 amide bonds. The van der Waals surface area contributed by atoms with Crippen LogP contribution in [0.5, 0.6) is 0 Å². The fraction of sp³-hybridized carbons (Fsp3) is 0.526. The second-order valence-electron chi connectivity index (χ2n) is 6.77. The number of aryl methyl sites for hydroxylation is 1. The van der Waals surface area contributed by atoms with E-state index in [0.717, 1.165) is 32.1 Å². The Morgan fingerprint density at radius 1 is 1.25 bits per heavy atom. The first-order chi connectivity index (χ1) is 13.3. The number of carbonyl (C=O) groups excluding carboxylic acids is 2. The van der Waals surface area contributed by atoms with Crippen LogP contribution < -0.4 is 10.0 Å². The van der Waals surface area contributed by atoms with Crippen molar-refractivity contribution in [3.63, 3.8) is 0 Å². The summed E-state index contributed by atoms with van der Waals surface area (Å²) in [5.41, 5.74) is 0.642. The summed E-state index contributed by atoms with van der Waals surface area (Å²) in [6.07, 6.45) is 4.88. The van der Waals surface area contributed by atoms with E-state index in [4.69, 9.17) is 10.00 Å². The molecule has 1 aromatic rings. The quantitative estimate of drug-likeness (QED) is 0.500. The lowest BCUT2D eigenvalue weighted by molar-refractivity contribution is -0.124. The van der Waals surface area contributed by atoms with Crippen LogP contribution in [0.4, 0.5) is 0 Å². The highest BCUT2D eigenvalue weighted by atomic mass is 32.2. The maximum atomic E-state index is 12.6. The zero-order valence-corrected chi connectivity index (χ0v) is 16.7. The summed E-state index contributed by atoms with van der Waals surface area (Å²) in [6, 6.07) is 6.06. The maximum Gasteiger partial charge on any atom is 0.338 e. The molecular weight excluding hydrogens is 382 g/mol. The highest BCUT2D eigenvalue weighted by Crippen LogP contribution is 2.21. The number of nitrogens with zero attached hydrogens (tertiary/aromatic N) is 1. The van der Waals surface area contributed by atoms with E-state index in [2.05, 4.69) is 10.0 Å². The second kappa shape index (κ2) is 10.2. The molecule has 0 spiro atoms. The molecule has 1 fully saturated rings. The third-order valence-corrected chi connectivity index (χ3v) is 6.08. The highest BCUT2D eigenvalue weighted by molar-refractivity contribution is 7.89. The van der Waals surface area contributed by atoms with Gasteiger partial charge in [0.15, 0.2) is 6.61 Å². The molecular formula is C19H25N3O5S. The van der Waals surface area contributed by atoms with Crippen LogP contribution in [0.25, 0.3) is 0 Å². The van der Waals surface area contributed by atoms with Crippen molar-refractivity contribution in [3.8, 4) is 6.07 Å². The lowest BCUT2D eigenvalue weighted by atomic mass is 9.96. The number of hydrogen-bond acceptors (Lipinski definition) is 6. The first-order valence-electron chi connectivity index (χ1n) is 9.27. The van der Waals surface area contributed by atoms with Crippen molar-refractivity contribution < 1.29 is 22.7 Å². The molecule has 0 saturated heterocycles. The molecule has 152 valence electrons. The normalized spacial score (nSPS) is 14.9. The van der Waals surface area contributed by atoms with Crippen LogP contribution in [0.3, 0.4) is 0 Å². The van der Waals surface area contributed by atoms with E-state index in [1.165, 1.54) is 12.1 Å². The van der Waals surface area contributed by atoms with E-state index in [-0.39, 0.29) is 29.5 Å². The van der Waals surface area contributed by atoms with Gasteiger partial charge in [-0.05, 0) is 37.5 Å². The summed E-state index contributed by atoms with van der Waals surface area (Å²) < 4.78 is 33.0. The van der Waals surface area contributed by atoms with Crippen LogP contribution in [-0.4, -0.2) is 39.5 Å². The summed E-state index contributed by atoms with van der Waals surface area (Å²) >= 11 is 0. The fourth-order valence-corrected chi connectivity index (χ4v) is 4.34. The van der Waals surface area contributed by atoms with Gasteiger partial charge in [0.2, 0.25) is 10.0 Å². The molecule has 1 aromatic carbocycles. The third kappa shape index (κ3) is 6.32. The average Bonchev–Trinajstić information content (AvgIpc) is 2.67. The van der Waals surface area contributed by atoms with E-state index >= 15 is 0 Å². The number of amides is 1. The molecule has 0 aromatic heterocycles.